The van der Waals surface area contributed by atoms with Crippen molar-refractivity contribution < 1.29 is 0 Å². The first-order chi connectivity index (χ1) is 10.4. The minimum Gasteiger partial charge on any atom is -0.361 e. The van der Waals surface area contributed by atoms with Crippen LogP contribution in [0.4, 0.5) is 11.5 Å². The molecule has 4 nitrogen and oxygen atoms in total. The lowest BCUT2D eigenvalue weighted by atomic mass is 10.2. The Kier molecular flexibility index (Phi) is 2.71. The Balaban J connectivity index is 1.61. The average molecular weight is 274 g/mol. The van der Waals surface area contributed by atoms with Gasteiger partial charge in [0.15, 0.2) is 5.82 Å². The zero-order valence-corrected chi connectivity index (χ0v) is 11.3. The van der Waals surface area contributed by atoms with Crippen LogP contribution in [0.15, 0.2) is 73.1 Å². The summed E-state index contributed by atoms with van der Waals surface area (Å²) in [6.07, 6.45) is 3.89. The molecule has 2 N–H and O–H groups in total. The molecule has 21 heavy (non-hydrogen) atoms. The van der Waals surface area contributed by atoms with Crippen LogP contribution in [0.25, 0.3) is 16.6 Å². The van der Waals surface area contributed by atoms with Crippen LogP contribution >= 0.6 is 0 Å². The summed E-state index contributed by atoms with van der Waals surface area (Å²) in [6, 6.07) is 20.3. The van der Waals surface area contributed by atoms with Crippen LogP contribution in [0.5, 0.6) is 0 Å². The van der Waals surface area contributed by atoms with Crippen molar-refractivity contribution in [2.75, 3.05) is 5.32 Å². The normalized spacial score (nSPS) is 10.9. The molecule has 0 aliphatic rings. The summed E-state index contributed by atoms with van der Waals surface area (Å²) in [5, 5.41) is 9.05. The number of hydrogen-bond acceptors (Lipinski definition) is 2. The number of hydrogen-bond donors (Lipinski definition) is 2. The van der Waals surface area contributed by atoms with E-state index in [2.05, 4.69) is 33.6 Å². The lowest BCUT2D eigenvalue weighted by molar-refractivity contribution is 0.884. The van der Waals surface area contributed by atoms with Gasteiger partial charge in [-0.3, -0.25) is 0 Å². The van der Waals surface area contributed by atoms with Gasteiger partial charge in [-0.2, -0.15) is 5.10 Å². The Morgan fingerprint density at radius 3 is 2.76 bits per heavy atom. The van der Waals surface area contributed by atoms with Gasteiger partial charge in [0, 0.05) is 35.1 Å². The first-order valence-electron chi connectivity index (χ1n) is 6.84. The molecule has 2 heterocycles. The average Bonchev–Trinajstić information content (AvgIpc) is 3.17. The lowest BCUT2D eigenvalue weighted by Crippen LogP contribution is -1.96. The van der Waals surface area contributed by atoms with Crippen LogP contribution in [-0.2, 0) is 0 Å². The van der Waals surface area contributed by atoms with Crippen molar-refractivity contribution >= 4 is 22.4 Å². The van der Waals surface area contributed by atoms with E-state index in [-0.39, 0.29) is 0 Å². The smallest absolute Gasteiger partial charge is 0.152 e. The Hall–Kier alpha value is -3.01. The van der Waals surface area contributed by atoms with Crippen molar-refractivity contribution in [3.8, 4) is 5.69 Å². The van der Waals surface area contributed by atoms with Gasteiger partial charge in [-0.05, 0) is 36.4 Å². The summed E-state index contributed by atoms with van der Waals surface area (Å²) in [6.45, 7) is 0. The molecular formula is C17H14N4. The minimum atomic E-state index is 0.828. The monoisotopic (exact) mass is 274 g/mol. The van der Waals surface area contributed by atoms with E-state index in [1.807, 2.05) is 59.5 Å². The van der Waals surface area contributed by atoms with Crippen molar-refractivity contribution in [2.45, 2.75) is 0 Å². The highest BCUT2D eigenvalue weighted by Crippen LogP contribution is 2.21. The predicted molar refractivity (Wildman–Crippen MR) is 85.1 cm³/mol. The molecule has 4 heteroatoms. The Bertz CT molecular complexity index is 874. The topological polar surface area (TPSA) is 45.6 Å². The first kappa shape index (κ1) is 11.8. The van der Waals surface area contributed by atoms with Crippen molar-refractivity contribution in [3.05, 3.63) is 73.1 Å². The minimum absolute atomic E-state index is 0.828. The number of rotatable bonds is 3. The number of aromatic amines is 1. The van der Waals surface area contributed by atoms with Gasteiger partial charge in [0.25, 0.3) is 0 Å². The zero-order valence-electron chi connectivity index (χ0n) is 11.3. The van der Waals surface area contributed by atoms with E-state index in [9.17, 15) is 0 Å². The van der Waals surface area contributed by atoms with Crippen LogP contribution < -0.4 is 5.32 Å². The molecule has 0 spiro atoms. The highest BCUT2D eigenvalue weighted by atomic mass is 15.3. The third kappa shape index (κ3) is 2.27. The number of para-hydroxylation sites is 1. The maximum Gasteiger partial charge on any atom is 0.152 e. The zero-order chi connectivity index (χ0) is 14.1. The van der Waals surface area contributed by atoms with Crippen LogP contribution in [0.2, 0.25) is 0 Å². The van der Waals surface area contributed by atoms with Gasteiger partial charge in [0.05, 0.1) is 5.69 Å². The van der Waals surface area contributed by atoms with Crippen molar-refractivity contribution in [1.82, 2.24) is 14.8 Å². The largest absolute Gasteiger partial charge is 0.361 e. The molecule has 0 fully saturated rings. The summed E-state index contributed by atoms with van der Waals surface area (Å²) in [7, 11) is 0. The quantitative estimate of drug-likeness (QED) is 0.591. The Morgan fingerprint density at radius 1 is 0.952 bits per heavy atom. The number of anilines is 2. The Morgan fingerprint density at radius 2 is 1.86 bits per heavy atom. The van der Waals surface area contributed by atoms with Gasteiger partial charge in [0.1, 0.15) is 0 Å². The fourth-order valence-electron chi connectivity index (χ4n) is 2.39. The molecule has 0 aliphatic carbocycles. The molecule has 0 saturated heterocycles. The van der Waals surface area contributed by atoms with Gasteiger partial charge in [-0.25, -0.2) is 4.68 Å². The summed E-state index contributed by atoms with van der Waals surface area (Å²) < 4.78 is 1.86. The molecule has 102 valence electrons. The number of benzene rings is 2. The molecule has 0 unspecified atom stereocenters. The molecule has 2 aromatic heterocycles. The molecule has 0 amide bonds. The number of nitrogens with zero attached hydrogens (tertiary/aromatic N) is 2. The van der Waals surface area contributed by atoms with Crippen LogP contribution in [0, 0.1) is 0 Å². The second kappa shape index (κ2) is 4.83. The summed E-state index contributed by atoms with van der Waals surface area (Å²) in [4.78, 5) is 3.19. The number of nitrogens with one attached hydrogen (secondary N) is 2. The first-order valence-corrected chi connectivity index (χ1v) is 6.84. The second-order valence-electron chi connectivity index (χ2n) is 4.89. The molecule has 4 rings (SSSR count). The van der Waals surface area contributed by atoms with Gasteiger partial charge >= 0.3 is 0 Å². The lowest BCUT2D eigenvalue weighted by Gasteiger charge is -2.03. The third-order valence-corrected chi connectivity index (χ3v) is 3.44. The van der Waals surface area contributed by atoms with E-state index in [4.69, 9.17) is 0 Å². The van der Waals surface area contributed by atoms with E-state index in [1.165, 1.54) is 5.39 Å². The van der Waals surface area contributed by atoms with Gasteiger partial charge in [-0.1, -0.05) is 18.2 Å². The standard InChI is InChI=1S/C17H14N4/c1-2-4-15(5-3-1)21-11-9-17(20-21)19-14-6-7-16-13(12-14)8-10-18-16/h1-12,18H,(H,19,20). The fraction of sp³-hybridized carbons (Fsp3) is 0. The molecule has 0 radical (unpaired) electrons. The van der Waals surface area contributed by atoms with Gasteiger partial charge in [0.2, 0.25) is 0 Å². The van der Waals surface area contributed by atoms with Crippen LogP contribution in [0.3, 0.4) is 0 Å². The van der Waals surface area contributed by atoms with Crippen molar-refractivity contribution in [3.63, 3.8) is 0 Å². The molecule has 4 aromatic rings. The van der Waals surface area contributed by atoms with Crippen LogP contribution in [-0.4, -0.2) is 14.8 Å². The SMILES string of the molecule is c1ccc(-n2ccc(Nc3ccc4[nH]ccc4c3)n2)cc1. The second-order valence-corrected chi connectivity index (χ2v) is 4.89. The number of fused-ring (bicyclic) bond motifs is 1. The van der Waals surface area contributed by atoms with Gasteiger partial charge in [-0.15, -0.1) is 0 Å². The highest BCUT2D eigenvalue weighted by molar-refractivity contribution is 5.83. The van der Waals surface area contributed by atoms with Crippen LogP contribution in [0.1, 0.15) is 0 Å². The van der Waals surface area contributed by atoms with E-state index in [0.717, 1.165) is 22.7 Å². The summed E-state index contributed by atoms with van der Waals surface area (Å²) >= 11 is 0. The highest BCUT2D eigenvalue weighted by Gasteiger charge is 2.02. The molecular weight excluding hydrogens is 260 g/mol. The van der Waals surface area contributed by atoms with Crippen molar-refractivity contribution in [2.24, 2.45) is 0 Å². The fourth-order valence-corrected chi connectivity index (χ4v) is 2.39. The number of aromatic nitrogens is 3. The molecule has 0 atom stereocenters. The molecule has 0 bridgehead atoms. The maximum atomic E-state index is 4.54. The maximum absolute atomic E-state index is 4.54. The molecule has 0 saturated carbocycles. The van der Waals surface area contributed by atoms with Crippen molar-refractivity contribution in [1.29, 1.82) is 0 Å². The molecule has 0 aliphatic heterocycles. The Labute approximate surface area is 122 Å². The van der Waals surface area contributed by atoms with E-state index in [0.29, 0.717) is 0 Å². The predicted octanol–water partition coefficient (Wildman–Crippen LogP) is 4.10. The summed E-state index contributed by atoms with van der Waals surface area (Å²) in [5.41, 5.74) is 3.21. The van der Waals surface area contributed by atoms with E-state index >= 15 is 0 Å². The van der Waals surface area contributed by atoms with Gasteiger partial charge < -0.3 is 10.3 Å². The number of H-pyrrole nitrogens is 1. The van der Waals surface area contributed by atoms with E-state index in [1.54, 1.807) is 0 Å². The third-order valence-electron chi connectivity index (χ3n) is 3.44. The molecule has 2 aromatic carbocycles. The summed E-state index contributed by atoms with van der Waals surface area (Å²) in [5.74, 6) is 0.828. The van der Waals surface area contributed by atoms with E-state index < -0.39 is 0 Å².